The molecule has 1 aromatic rings. The Kier molecular flexibility index (Phi) is 10.9. The van der Waals surface area contributed by atoms with Gasteiger partial charge in [0.2, 0.25) is 0 Å². The van der Waals surface area contributed by atoms with Gasteiger partial charge in [-0.25, -0.2) is 0 Å². The van der Waals surface area contributed by atoms with Crippen LogP contribution in [0.25, 0.3) is 6.08 Å². The molecule has 0 aromatic heterocycles. The summed E-state index contributed by atoms with van der Waals surface area (Å²) in [5.74, 6) is 0.942. The zero-order chi connectivity index (χ0) is 22.6. The predicted octanol–water partition coefficient (Wildman–Crippen LogP) is 5.20. The summed E-state index contributed by atoms with van der Waals surface area (Å²) in [5, 5.41) is 0. The van der Waals surface area contributed by atoms with Crippen LogP contribution in [0.1, 0.15) is 57.9 Å². The van der Waals surface area contributed by atoms with Crippen molar-refractivity contribution in [2.45, 2.75) is 52.4 Å². The number of ether oxygens (including phenoxy) is 3. The number of nitrogens with zero attached hydrogens (tertiary/aromatic N) is 1. The van der Waals surface area contributed by atoms with Crippen molar-refractivity contribution in [2.75, 3.05) is 26.9 Å². The van der Waals surface area contributed by atoms with Gasteiger partial charge in [0, 0.05) is 13.0 Å². The molecule has 0 N–H and O–H groups in total. The Morgan fingerprint density at radius 2 is 1.94 bits per heavy atom. The average molecular weight is 466 g/mol. The number of hydrogen-bond donors (Lipinski definition) is 0. The molecule has 31 heavy (non-hydrogen) atoms. The standard InChI is InChI=1S/C23H31NO5S2/c1-4-6-7-8-14-29-18-12-11-17(15-19(18)28-5-2)16-20-22(26)24(23(30)31-20)13-9-10-21(25)27-3/h11-12,15-16H,4-10,13-14H2,1-3H3/b20-16-. The Morgan fingerprint density at radius 3 is 2.65 bits per heavy atom. The van der Waals surface area contributed by atoms with E-state index in [0.717, 1.165) is 18.4 Å². The summed E-state index contributed by atoms with van der Waals surface area (Å²) in [4.78, 5) is 26.1. The van der Waals surface area contributed by atoms with E-state index < -0.39 is 0 Å². The van der Waals surface area contributed by atoms with Crippen LogP contribution in [-0.4, -0.2) is 48.0 Å². The maximum absolute atomic E-state index is 12.7. The fraction of sp³-hybridized carbons (Fsp3) is 0.522. The zero-order valence-electron chi connectivity index (χ0n) is 18.5. The number of thioether (sulfide) groups is 1. The molecule has 170 valence electrons. The van der Waals surface area contributed by atoms with E-state index in [2.05, 4.69) is 11.7 Å². The highest BCUT2D eigenvalue weighted by Crippen LogP contribution is 2.35. The molecule has 1 heterocycles. The Hall–Kier alpha value is -2.06. The van der Waals surface area contributed by atoms with Crippen molar-refractivity contribution in [1.82, 2.24) is 4.90 Å². The molecule has 6 nitrogen and oxygen atoms in total. The molecule has 1 aliphatic heterocycles. The van der Waals surface area contributed by atoms with Gasteiger partial charge in [0.15, 0.2) is 11.5 Å². The van der Waals surface area contributed by atoms with Gasteiger partial charge in [-0.1, -0.05) is 56.2 Å². The van der Waals surface area contributed by atoms with E-state index in [9.17, 15) is 9.59 Å². The fourth-order valence-corrected chi connectivity index (χ4v) is 4.35. The second kappa shape index (κ2) is 13.4. The number of benzene rings is 1. The molecule has 1 fully saturated rings. The molecule has 8 heteroatoms. The van der Waals surface area contributed by atoms with Crippen LogP contribution >= 0.6 is 24.0 Å². The molecule has 0 radical (unpaired) electrons. The van der Waals surface area contributed by atoms with Crippen LogP contribution in [0.15, 0.2) is 23.1 Å². The number of amides is 1. The number of rotatable bonds is 13. The highest BCUT2D eigenvalue weighted by atomic mass is 32.2. The number of unbranched alkanes of at least 4 members (excludes halogenated alkanes) is 3. The molecule has 0 bridgehead atoms. The van der Waals surface area contributed by atoms with Crippen molar-refractivity contribution in [3.05, 3.63) is 28.7 Å². The normalized spacial score (nSPS) is 14.9. The lowest BCUT2D eigenvalue weighted by molar-refractivity contribution is -0.141. The first-order chi connectivity index (χ1) is 15.0. The fourth-order valence-electron chi connectivity index (χ4n) is 3.04. The van der Waals surface area contributed by atoms with Crippen molar-refractivity contribution in [2.24, 2.45) is 0 Å². The van der Waals surface area contributed by atoms with E-state index in [1.165, 1.54) is 36.6 Å². The van der Waals surface area contributed by atoms with Gasteiger partial charge in [-0.2, -0.15) is 0 Å². The molecule has 1 aromatic carbocycles. The summed E-state index contributed by atoms with van der Waals surface area (Å²) >= 11 is 6.62. The van der Waals surface area contributed by atoms with Crippen LogP contribution in [0, 0.1) is 0 Å². The number of carbonyl (C=O) groups is 2. The second-order valence-corrected chi connectivity index (χ2v) is 8.74. The number of methoxy groups -OCH3 is 1. The van der Waals surface area contributed by atoms with Crippen LogP contribution in [0.4, 0.5) is 0 Å². The third-order valence-electron chi connectivity index (χ3n) is 4.68. The van der Waals surface area contributed by atoms with Crippen LogP contribution in [-0.2, 0) is 14.3 Å². The van der Waals surface area contributed by atoms with Crippen molar-refractivity contribution in [3.8, 4) is 11.5 Å². The molecule has 0 aliphatic carbocycles. The van der Waals surface area contributed by atoms with Crippen LogP contribution in [0.2, 0.25) is 0 Å². The number of carbonyl (C=O) groups excluding carboxylic acids is 2. The molecule has 0 spiro atoms. The van der Waals surface area contributed by atoms with Crippen LogP contribution < -0.4 is 9.47 Å². The van der Waals surface area contributed by atoms with Gasteiger partial charge < -0.3 is 14.2 Å². The molecule has 1 aliphatic rings. The molecular formula is C23H31NO5S2. The predicted molar refractivity (Wildman–Crippen MR) is 128 cm³/mol. The number of thiocarbonyl (C=S) groups is 1. The Labute approximate surface area is 194 Å². The lowest BCUT2D eigenvalue weighted by atomic mass is 10.1. The Morgan fingerprint density at radius 1 is 1.13 bits per heavy atom. The van der Waals surface area contributed by atoms with Gasteiger partial charge in [-0.3, -0.25) is 14.5 Å². The summed E-state index contributed by atoms with van der Waals surface area (Å²) in [5.41, 5.74) is 0.844. The smallest absolute Gasteiger partial charge is 0.305 e. The van der Waals surface area contributed by atoms with Gasteiger partial charge >= 0.3 is 5.97 Å². The van der Waals surface area contributed by atoms with Crippen molar-refractivity contribution < 1.29 is 23.8 Å². The van der Waals surface area contributed by atoms with E-state index in [1.54, 1.807) is 0 Å². The third kappa shape index (κ3) is 7.85. The minimum absolute atomic E-state index is 0.144. The van der Waals surface area contributed by atoms with Gasteiger partial charge in [0.25, 0.3) is 5.91 Å². The molecule has 0 unspecified atom stereocenters. The lowest BCUT2D eigenvalue weighted by Gasteiger charge is -2.13. The third-order valence-corrected chi connectivity index (χ3v) is 6.06. The van der Waals surface area contributed by atoms with E-state index in [-0.39, 0.29) is 18.3 Å². The monoisotopic (exact) mass is 465 g/mol. The van der Waals surface area contributed by atoms with E-state index in [1.807, 2.05) is 31.2 Å². The quantitative estimate of drug-likeness (QED) is 0.172. The molecule has 0 saturated carbocycles. The van der Waals surface area contributed by atoms with Crippen LogP contribution in [0.5, 0.6) is 11.5 Å². The molecule has 0 atom stereocenters. The largest absolute Gasteiger partial charge is 0.490 e. The van der Waals surface area contributed by atoms with Crippen LogP contribution in [0.3, 0.4) is 0 Å². The maximum Gasteiger partial charge on any atom is 0.305 e. The van der Waals surface area contributed by atoms with Crippen molar-refractivity contribution in [3.63, 3.8) is 0 Å². The minimum atomic E-state index is -0.294. The molecule has 2 rings (SSSR count). The first kappa shape index (κ1) is 25.2. The summed E-state index contributed by atoms with van der Waals surface area (Å²) < 4.78 is 16.8. The topological polar surface area (TPSA) is 65.1 Å². The summed E-state index contributed by atoms with van der Waals surface area (Å²) in [6.07, 6.45) is 7.14. The first-order valence-corrected chi connectivity index (χ1v) is 11.9. The average Bonchev–Trinajstić information content (AvgIpc) is 3.02. The highest BCUT2D eigenvalue weighted by Gasteiger charge is 2.31. The van der Waals surface area contributed by atoms with E-state index in [4.69, 9.17) is 21.7 Å². The second-order valence-electron chi connectivity index (χ2n) is 7.06. The van der Waals surface area contributed by atoms with Crippen molar-refractivity contribution >= 4 is 46.3 Å². The number of esters is 1. The summed E-state index contributed by atoms with van der Waals surface area (Å²) in [6, 6.07) is 5.68. The summed E-state index contributed by atoms with van der Waals surface area (Å²) in [7, 11) is 1.35. The van der Waals surface area contributed by atoms with Gasteiger partial charge in [-0.05, 0) is 43.5 Å². The van der Waals surface area contributed by atoms with Gasteiger partial charge in [-0.15, -0.1) is 0 Å². The van der Waals surface area contributed by atoms with E-state index >= 15 is 0 Å². The first-order valence-electron chi connectivity index (χ1n) is 10.7. The Bertz CT molecular complexity index is 809. The lowest BCUT2D eigenvalue weighted by Crippen LogP contribution is -2.29. The zero-order valence-corrected chi connectivity index (χ0v) is 20.1. The number of hydrogen-bond acceptors (Lipinski definition) is 7. The minimum Gasteiger partial charge on any atom is -0.490 e. The molecule has 1 amide bonds. The maximum atomic E-state index is 12.7. The molecule has 1 saturated heterocycles. The highest BCUT2D eigenvalue weighted by molar-refractivity contribution is 8.26. The van der Waals surface area contributed by atoms with Gasteiger partial charge in [0.1, 0.15) is 4.32 Å². The Balaban J connectivity index is 2.04. The van der Waals surface area contributed by atoms with E-state index in [0.29, 0.717) is 46.9 Å². The SMILES string of the molecule is CCCCCCOc1ccc(/C=C2\SC(=S)N(CCCC(=O)OC)C2=O)cc1OCC. The van der Waals surface area contributed by atoms with Gasteiger partial charge in [0.05, 0.1) is 25.2 Å². The van der Waals surface area contributed by atoms with Crippen molar-refractivity contribution in [1.29, 1.82) is 0 Å². The summed E-state index contributed by atoms with van der Waals surface area (Å²) in [6.45, 7) is 5.69. The molecular weight excluding hydrogens is 434 g/mol.